The first-order valence-corrected chi connectivity index (χ1v) is 13.7. The molecule has 0 aliphatic heterocycles. The summed E-state index contributed by atoms with van der Waals surface area (Å²) < 4.78 is 6.17. The second-order valence-corrected chi connectivity index (χ2v) is 11.4. The van der Waals surface area contributed by atoms with Crippen LogP contribution in [-0.2, 0) is 4.74 Å². The van der Waals surface area contributed by atoms with Gasteiger partial charge in [-0.1, -0.05) is 85.0 Å². The molecule has 0 saturated heterocycles. The Balaban J connectivity index is 1.33. The van der Waals surface area contributed by atoms with E-state index in [2.05, 4.69) is 85.0 Å². The highest BCUT2D eigenvalue weighted by atomic mass is 16.5. The number of hydrogen-bond acceptors (Lipinski definition) is 2. The van der Waals surface area contributed by atoms with E-state index in [0.29, 0.717) is 11.8 Å². The number of ether oxygens (including phenoxy) is 1. The molecular formula is C35H28O2. The van der Waals surface area contributed by atoms with Gasteiger partial charge in [0.25, 0.3) is 0 Å². The van der Waals surface area contributed by atoms with Gasteiger partial charge in [0.15, 0.2) is 0 Å². The topological polar surface area (TPSA) is 29.5 Å². The Kier molecular flexibility index (Phi) is 3.95. The van der Waals surface area contributed by atoms with Gasteiger partial charge in [0, 0.05) is 30.8 Å². The van der Waals surface area contributed by atoms with Crippen molar-refractivity contribution in [3.63, 3.8) is 0 Å². The van der Waals surface area contributed by atoms with Crippen LogP contribution in [0.1, 0.15) is 53.0 Å². The standard InChI is InChI=1S/C35H28O2/c1-37-35-27-9-5-3-7-19(27)21-11-13-23-24-14-16-28-32-20(18-6-2-4-8-26(18)34(28)36)10-12-22(30(24)32)25-15-17-29(35)33(21)31(23)25/h2-3,5-7,9-17,19,24,27,30,34-36H,4,8H2,1H3/t19?,24?,27-,30?,34?,35?/m0/s1. The van der Waals surface area contributed by atoms with Gasteiger partial charge in [-0.25, -0.2) is 0 Å². The van der Waals surface area contributed by atoms with E-state index in [0.717, 1.165) is 18.4 Å². The Bertz CT molecular complexity index is 1700. The van der Waals surface area contributed by atoms with Gasteiger partial charge in [0.05, 0.1) is 6.10 Å². The minimum Gasteiger partial charge on any atom is -0.384 e. The molecule has 7 aliphatic carbocycles. The molecule has 6 atom stereocenters. The van der Waals surface area contributed by atoms with E-state index in [-0.39, 0.29) is 17.9 Å². The second-order valence-electron chi connectivity index (χ2n) is 11.4. The highest BCUT2D eigenvalue weighted by Crippen LogP contribution is 2.61. The lowest BCUT2D eigenvalue weighted by molar-refractivity contribution is 0.0613. The van der Waals surface area contributed by atoms with E-state index in [4.69, 9.17) is 4.74 Å². The average Bonchev–Trinajstić information content (AvgIpc) is 2.96. The Hall–Kier alpha value is -3.46. The minimum absolute atomic E-state index is 0.0562. The molecule has 37 heavy (non-hydrogen) atoms. The maximum absolute atomic E-state index is 11.5. The molecule has 1 N–H and O–H groups in total. The van der Waals surface area contributed by atoms with Crippen molar-refractivity contribution in [2.24, 2.45) is 11.8 Å². The van der Waals surface area contributed by atoms with Crippen molar-refractivity contribution < 1.29 is 9.84 Å². The summed E-state index contributed by atoms with van der Waals surface area (Å²) in [7, 11) is 1.86. The molecule has 5 unspecified atom stereocenters. The molecule has 0 spiro atoms. The number of aliphatic hydroxyl groups excluding tert-OH is 1. The first-order chi connectivity index (χ1) is 18.3. The number of methoxy groups -OCH3 is 1. The molecule has 0 amide bonds. The van der Waals surface area contributed by atoms with Gasteiger partial charge in [0.1, 0.15) is 6.10 Å². The van der Waals surface area contributed by atoms with Crippen LogP contribution < -0.4 is 0 Å². The fourth-order valence-electron chi connectivity index (χ4n) is 8.56. The molecule has 0 bridgehead atoms. The van der Waals surface area contributed by atoms with Gasteiger partial charge in [0.2, 0.25) is 0 Å². The largest absolute Gasteiger partial charge is 0.384 e. The predicted octanol–water partition coefficient (Wildman–Crippen LogP) is 7.29. The predicted molar refractivity (Wildman–Crippen MR) is 148 cm³/mol. The quantitative estimate of drug-likeness (QED) is 0.464. The van der Waals surface area contributed by atoms with Crippen LogP contribution in [-0.4, -0.2) is 18.3 Å². The van der Waals surface area contributed by atoms with E-state index in [1.54, 1.807) is 0 Å². The SMILES string of the molecule is COC1c2ccc3c4c(ccc(c24)C2C=CC=C[C@@H]21)C1C=CC2=C4C(=CC=C3C41)C1=C(CCC=C1)C2O. The van der Waals surface area contributed by atoms with Crippen LogP contribution in [0.2, 0.25) is 0 Å². The van der Waals surface area contributed by atoms with E-state index >= 15 is 0 Å². The third-order valence-electron chi connectivity index (χ3n) is 10.0. The number of hydrogen-bond donors (Lipinski definition) is 1. The third kappa shape index (κ3) is 2.40. The van der Waals surface area contributed by atoms with Gasteiger partial charge < -0.3 is 9.84 Å². The normalized spacial score (nSPS) is 33.2. The smallest absolute Gasteiger partial charge is 0.101 e. The number of benzene rings is 2. The highest BCUT2D eigenvalue weighted by Gasteiger charge is 2.46. The molecule has 0 fully saturated rings. The monoisotopic (exact) mass is 480 g/mol. The van der Waals surface area contributed by atoms with Crippen LogP contribution in [0, 0.1) is 11.8 Å². The van der Waals surface area contributed by atoms with E-state index in [1.807, 2.05) is 7.11 Å². The summed E-state index contributed by atoms with van der Waals surface area (Å²) in [6, 6.07) is 9.48. The van der Waals surface area contributed by atoms with Gasteiger partial charge >= 0.3 is 0 Å². The fourth-order valence-corrected chi connectivity index (χ4v) is 8.56. The van der Waals surface area contributed by atoms with Gasteiger partial charge in [-0.15, -0.1) is 0 Å². The Morgan fingerprint density at radius 3 is 2.59 bits per heavy atom. The summed E-state index contributed by atoms with van der Waals surface area (Å²) >= 11 is 0. The number of rotatable bonds is 1. The maximum atomic E-state index is 11.5. The van der Waals surface area contributed by atoms with Crippen LogP contribution in [0.4, 0.5) is 0 Å². The first-order valence-electron chi connectivity index (χ1n) is 13.7. The third-order valence-corrected chi connectivity index (χ3v) is 10.0. The molecule has 2 aromatic carbocycles. The first kappa shape index (κ1) is 20.6. The minimum atomic E-state index is -0.494. The van der Waals surface area contributed by atoms with E-state index < -0.39 is 6.10 Å². The zero-order valence-electron chi connectivity index (χ0n) is 20.8. The summed E-state index contributed by atoms with van der Waals surface area (Å²) in [6.07, 6.45) is 24.4. The fraction of sp³-hybridized carbons (Fsp3) is 0.257. The van der Waals surface area contributed by atoms with Crippen LogP contribution >= 0.6 is 0 Å². The molecule has 0 heterocycles. The molecule has 0 radical (unpaired) electrons. The van der Waals surface area contributed by atoms with E-state index in [9.17, 15) is 5.11 Å². The van der Waals surface area contributed by atoms with Crippen LogP contribution in [0.5, 0.6) is 0 Å². The average molecular weight is 481 g/mol. The lowest BCUT2D eigenvalue weighted by Crippen LogP contribution is -2.34. The van der Waals surface area contributed by atoms with Crippen molar-refractivity contribution in [1.29, 1.82) is 0 Å². The molecular weight excluding hydrogens is 452 g/mol. The summed E-state index contributed by atoms with van der Waals surface area (Å²) in [5.74, 6) is 1.18. The number of fused-ring (bicyclic) bond motifs is 5. The van der Waals surface area contributed by atoms with Crippen molar-refractivity contribution in [2.45, 2.75) is 36.9 Å². The Morgan fingerprint density at radius 2 is 1.70 bits per heavy atom. The molecule has 0 aromatic heterocycles. The van der Waals surface area contributed by atoms with Crippen molar-refractivity contribution in [1.82, 2.24) is 0 Å². The van der Waals surface area contributed by atoms with Gasteiger partial charge in [-0.2, -0.15) is 0 Å². The summed E-state index contributed by atoms with van der Waals surface area (Å²) in [6.45, 7) is 0. The van der Waals surface area contributed by atoms with Crippen molar-refractivity contribution in [3.05, 3.63) is 135 Å². The zero-order chi connectivity index (χ0) is 24.4. The van der Waals surface area contributed by atoms with Gasteiger partial charge in [-0.05, 0) is 79.3 Å². The second kappa shape index (κ2) is 7.10. The molecule has 9 rings (SSSR count). The molecule has 2 heteroatoms. The lowest BCUT2D eigenvalue weighted by Gasteiger charge is -2.46. The lowest BCUT2D eigenvalue weighted by atomic mass is 9.58. The summed E-state index contributed by atoms with van der Waals surface area (Å²) in [5.41, 5.74) is 13.1. The highest BCUT2D eigenvalue weighted by molar-refractivity contribution is 6.05. The Labute approximate surface area is 217 Å². The molecule has 7 aliphatic rings. The van der Waals surface area contributed by atoms with Crippen LogP contribution in [0.3, 0.4) is 0 Å². The molecule has 180 valence electrons. The number of aliphatic hydroxyl groups is 1. The number of allylic oxidation sites excluding steroid dienone is 12. The van der Waals surface area contributed by atoms with Gasteiger partial charge in [-0.3, -0.25) is 0 Å². The molecule has 2 aromatic rings. The van der Waals surface area contributed by atoms with Crippen LogP contribution in [0.25, 0.3) is 16.3 Å². The molecule has 0 saturated carbocycles. The van der Waals surface area contributed by atoms with Crippen molar-refractivity contribution >= 4 is 16.3 Å². The zero-order valence-corrected chi connectivity index (χ0v) is 20.8. The summed E-state index contributed by atoms with van der Waals surface area (Å²) in [4.78, 5) is 0. The van der Waals surface area contributed by atoms with E-state index in [1.165, 1.54) is 60.9 Å². The molecule has 2 nitrogen and oxygen atoms in total. The van der Waals surface area contributed by atoms with Crippen molar-refractivity contribution in [2.75, 3.05) is 7.11 Å². The van der Waals surface area contributed by atoms with Crippen molar-refractivity contribution in [3.8, 4) is 0 Å². The summed E-state index contributed by atoms with van der Waals surface area (Å²) in [5, 5.41) is 14.3. The maximum Gasteiger partial charge on any atom is 0.101 e. The Morgan fingerprint density at radius 1 is 0.865 bits per heavy atom. The van der Waals surface area contributed by atoms with Crippen LogP contribution in [0.15, 0.2) is 113 Å².